The van der Waals surface area contributed by atoms with Gasteiger partial charge in [0.1, 0.15) is 12.2 Å². The molecule has 7 heteroatoms. The van der Waals surface area contributed by atoms with Crippen molar-refractivity contribution in [1.29, 1.82) is 0 Å². The number of fused-ring (bicyclic) bond motifs is 1. The molecule has 1 amide bonds. The second-order valence-electron chi connectivity index (χ2n) is 6.24. The molecule has 0 radical (unpaired) electrons. The van der Waals surface area contributed by atoms with Crippen LogP contribution in [0.25, 0.3) is 11.0 Å². The quantitative estimate of drug-likeness (QED) is 0.422. The lowest BCUT2D eigenvalue weighted by Crippen LogP contribution is -2.11. The molecular formula is C22H17BrN2O4. The maximum Gasteiger partial charge on any atom is 0.291 e. The molecule has 0 bridgehead atoms. The Morgan fingerprint density at radius 1 is 1.14 bits per heavy atom. The number of anilines is 1. The highest BCUT2D eigenvalue weighted by atomic mass is 79.9. The molecule has 6 nitrogen and oxygen atoms in total. The van der Waals surface area contributed by atoms with E-state index in [1.807, 2.05) is 30.3 Å². The summed E-state index contributed by atoms with van der Waals surface area (Å²) in [5.74, 6) is 0.957. The molecular weight excluding hydrogens is 436 g/mol. The van der Waals surface area contributed by atoms with Crippen molar-refractivity contribution >= 4 is 38.5 Å². The number of rotatable bonds is 6. The van der Waals surface area contributed by atoms with Crippen molar-refractivity contribution < 1.29 is 18.7 Å². The van der Waals surface area contributed by atoms with Crippen LogP contribution in [-0.2, 0) is 6.61 Å². The number of carbonyl (C=O) groups excluding carboxylic acids is 1. The number of pyridine rings is 1. The fourth-order valence-corrected chi connectivity index (χ4v) is 3.31. The van der Waals surface area contributed by atoms with E-state index in [4.69, 9.17) is 13.9 Å². The molecule has 0 aliphatic heterocycles. The fraction of sp³-hybridized carbons (Fsp3) is 0.0909. The number of nitrogens with one attached hydrogen (secondary N) is 1. The second kappa shape index (κ2) is 8.36. The topological polar surface area (TPSA) is 73.6 Å². The zero-order valence-corrected chi connectivity index (χ0v) is 17.1. The first kappa shape index (κ1) is 19.0. The molecule has 146 valence electrons. The number of furan rings is 1. The Kier molecular flexibility index (Phi) is 5.48. The van der Waals surface area contributed by atoms with Crippen LogP contribution in [0.1, 0.15) is 16.1 Å². The van der Waals surface area contributed by atoms with Gasteiger partial charge in [-0.15, -0.1) is 0 Å². The zero-order valence-electron chi connectivity index (χ0n) is 15.5. The van der Waals surface area contributed by atoms with Gasteiger partial charge in [0.15, 0.2) is 17.3 Å². The molecule has 0 aliphatic rings. The van der Waals surface area contributed by atoms with Gasteiger partial charge in [0.2, 0.25) is 0 Å². The summed E-state index contributed by atoms with van der Waals surface area (Å²) in [5, 5.41) is 3.68. The summed E-state index contributed by atoms with van der Waals surface area (Å²) in [5.41, 5.74) is 2.13. The van der Waals surface area contributed by atoms with Crippen LogP contribution in [0, 0.1) is 0 Å². The molecule has 0 aliphatic carbocycles. The van der Waals surface area contributed by atoms with Gasteiger partial charge in [0.25, 0.3) is 5.91 Å². The highest BCUT2D eigenvalue weighted by Gasteiger charge is 2.15. The Labute approximate surface area is 175 Å². The smallest absolute Gasteiger partial charge is 0.291 e. The van der Waals surface area contributed by atoms with Crippen molar-refractivity contribution in [1.82, 2.24) is 4.98 Å². The molecule has 0 fully saturated rings. The van der Waals surface area contributed by atoms with Crippen molar-refractivity contribution in [2.45, 2.75) is 6.61 Å². The van der Waals surface area contributed by atoms with Gasteiger partial charge >= 0.3 is 0 Å². The third-order valence-corrected chi connectivity index (χ3v) is 4.88. The number of halogens is 1. The monoisotopic (exact) mass is 452 g/mol. The second-order valence-corrected chi connectivity index (χ2v) is 7.09. The van der Waals surface area contributed by atoms with Crippen LogP contribution in [0.15, 0.2) is 75.9 Å². The summed E-state index contributed by atoms with van der Waals surface area (Å²) in [4.78, 5) is 16.7. The summed E-state index contributed by atoms with van der Waals surface area (Å²) in [6.07, 6.45) is 3.44. The van der Waals surface area contributed by atoms with Gasteiger partial charge in [0, 0.05) is 35.1 Å². The maximum absolute atomic E-state index is 12.6. The van der Waals surface area contributed by atoms with Crippen molar-refractivity contribution in [2.24, 2.45) is 0 Å². The lowest BCUT2D eigenvalue weighted by molar-refractivity contribution is 0.0998. The predicted molar refractivity (Wildman–Crippen MR) is 113 cm³/mol. The van der Waals surface area contributed by atoms with Crippen LogP contribution in [0.2, 0.25) is 0 Å². The Morgan fingerprint density at radius 3 is 2.79 bits per heavy atom. The Balaban J connectivity index is 1.53. The first-order valence-corrected chi connectivity index (χ1v) is 9.62. The van der Waals surface area contributed by atoms with Crippen molar-refractivity contribution in [3.63, 3.8) is 0 Å². The number of hydrogen-bond donors (Lipinski definition) is 1. The average Bonchev–Trinajstić information content (AvgIpc) is 3.19. The Morgan fingerprint density at radius 2 is 2.03 bits per heavy atom. The minimum atomic E-state index is -0.350. The van der Waals surface area contributed by atoms with E-state index >= 15 is 0 Å². The highest BCUT2D eigenvalue weighted by Crippen LogP contribution is 2.32. The van der Waals surface area contributed by atoms with Gasteiger partial charge in [-0.25, -0.2) is 0 Å². The largest absolute Gasteiger partial charge is 0.493 e. The summed E-state index contributed by atoms with van der Waals surface area (Å²) < 4.78 is 17.7. The number of para-hydroxylation sites is 1. The molecule has 0 atom stereocenters. The van der Waals surface area contributed by atoms with Crippen LogP contribution in [0.5, 0.6) is 11.5 Å². The molecule has 4 aromatic rings. The highest BCUT2D eigenvalue weighted by molar-refractivity contribution is 9.10. The van der Waals surface area contributed by atoms with Crippen molar-refractivity contribution in [2.75, 3.05) is 12.4 Å². The van der Waals surface area contributed by atoms with E-state index in [-0.39, 0.29) is 11.7 Å². The normalized spacial score (nSPS) is 10.7. The molecule has 2 aromatic heterocycles. The number of nitrogens with zero attached hydrogens (tertiary/aromatic N) is 1. The van der Waals surface area contributed by atoms with E-state index in [0.29, 0.717) is 29.4 Å². The van der Waals surface area contributed by atoms with Crippen molar-refractivity contribution in [3.8, 4) is 11.5 Å². The van der Waals surface area contributed by atoms with Crippen LogP contribution >= 0.6 is 15.9 Å². The molecule has 2 aromatic carbocycles. The lowest BCUT2D eigenvalue weighted by Gasteiger charge is -2.12. The number of amides is 1. The molecule has 29 heavy (non-hydrogen) atoms. The van der Waals surface area contributed by atoms with Crippen molar-refractivity contribution in [3.05, 3.63) is 82.8 Å². The number of methoxy groups -OCH3 is 1. The third kappa shape index (κ3) is 4.25. The summed E-state index contributed by atoms with van der Waals surface area (Å²) in [6, 6.07) is 16.3. The predicted octanol–water partition coefficient (Wildman–Crippen LogP) is 5.43. The number of ether oxygens (including phenoxy) is 2. The minimum absolute atomic E-state index is 0.223. The molecule has 0 saturated heterocycles. The zero-order chi connectivity index (χ0) is 20.2. The van der Waals surface area contributed by atoms with Gasteiger partial charge in [-0.1, -0.05) is 18.2 Å². The Hall–Kier alpha value is -3.32. The Bertz CT molecular complexity index is 1160. The number of benzene rings is 2. The first-order valence-electron chi connectivity index (χ1n) is 8.83. The van der Waals surface area contributed by atoms with Gasteiger partial charge in [-0.05, 0) is 46.3 Å². The van der Waals surface area contributed by atoms with Crippen LogP contribution in [-0.4, -0.2) is 18.0 Å². The molecule has 2 heterocycles. The van der Waals surface area contributed by atoms with Crippen LogP contribution < -0.4 is 14.8 Å². The number of carbonyl (C=O) groups is 1. The van der Waals surface area contributed by atoms with Crippen LogP contribution in [0.3, 0.4) is 0 Å². The fourth-order valence-electron chi connectivity index (χ4n) is 2.84. The molecule has 1 N–H and O–H groups in total. The molecule has 0 unspecified atom stereocenters. The van der Waals surface area contributed by atoms with Gasteiger partial charge in [0.05, 0.1) is 11.6 Å². The summed E-state index contributed by atoms with van der Waals surface area (Å²) in [6.45, 7) is 0.333. The standard InChI is InChI=1S/C22H17BrN2O4/c1-27-18-8-7-16(11-19(18)28-13-14-4-3-9-24-12-14)25-22(26)20-10-15-5-2-6-17(23)21(15)29-20/h2-12H,13H2,1H3,(H,25,26). The van der Waals surface area contributed by atoms with Gasteiger partial charge in [-0.2, -0.15) is 0 Å². The van der Waals surface area contributed by atoms with Crippen LogP contribution in [0.4, 0.5) is 5.69 Å². The van der Waals surface area contributed by atoms with E-state index in [1.54, 1.807) is 43.8 Å². The van der Waals surface area contributed by atoms with E-state index in [9.17, 15) is 4.79 Å². The first-order chi connectivity index (χ1) is 14.1. The lowest BCUT2D eigenvalue weighted by atomic mass is 10.2. The van der Waals surface area contributed by atoms with E-state index in [2.05, 4.69) is 26.2 Å². The van der Waals surface area contributed by atoms with Gasteiger partial charge < -0.3 is 19.2 Å². The molecule has 4 rings (SSSR count). The van der Waals surface area contributed by atoms with E-state index in [0.717, 1.165) is 15.4 Å². The minimum Gasteiger partial charge on any atom is -0.493 e. The van der Waals surface area contributed by atoms with E-state index < -0.39 is 0 Å². The number of hydrogen-bond acceptors (Lipinski definition) is 5. The number of aromatic nitrogens is 1. The molecule has 0 spiro atoms. The van der Waals surface area contributed by atoms with E-state index in [1.165, 1.54) is 0 Å². The summed E-state index contributed by atoms with van der Waals surface area (Å²) >= 11 is 3.43. The SMILES string of the molecule is COc1ccc(NC(=O)c2cc3cccc(Br)c3o2)cc1OCc1cccnc1. The van der Waals surface area contributed by atoms with Gasteiger partial charge in [-0.3, -0.25) is 9.78 Å². The molecule has 0 saturated carbocycles. The summed E-state index contributed by atoms with van der Waals surface area (Å²) in [7, 11) is 1.57. The third-order valence-electron chi connectivity index (χ3n) is 4.26. The maximum atomic E-state index is 12.6. The average molecular weight is 453 g/mol.